The summed E-state index contributed by atoms with van der Waals surface area (Å²) < 4.78 is 31.6. The standard InChI is InChI=1S/C15H11F2N3O2S/c1-8(13(21)9-4-5-10(16)11(17)7-9)23-15-20-19-14(22-15)12-3-2-6-18-12/h2-8,18H,1H3. The minimum atomic E-state index is -1.06. The van der Waals surface area contributed by atoms with Crippen LogP contribution in [0.2, 0.25) is 0 Å². The van der Waals surface area contributed by atoms with Gasteiger partial charge in [-0.25, -0.2) is 8.78 Å². The number of hydrogen-bond acceptors (Lipinski definition) is 5. The molecule has 0 radical (unpaired) electrons. The van der Waals surface area contributed by atoms with Gasteiger partial charge in [0.25, 0.3) is 11.1 Å². The van der Waals surface area contributed by atoms with Crippen molar-refractivity contribution >= 4 is 17.5 Å². The quantitative estimate of drug-likeness (QED) is 0.568. The maximum atomic E-state index is 13.2. The summed E-state index contributed by atoms with van der Waals surface area (Å²) in [4.78, 5) is 15.2. The van der Waals surface area contributed by atoms with Crippen LogP contribution in [0, 0.1) is 11.6 Å². The van der Waals surface area contributed by atoms with Crippen LogP contribution in [0.5, 0.6) is 0 Å². The lowest BCUT2D eigenvalue weighted by atomic mass is 10.1. The summed E-state index contributed by atoms with van der Waals surface area (Å²) in [6, 6.07) is 6.62. The number of Topliss-reactive ketones (excluding diaryl/α,β-unsaturated/α-hetero) is 1. The molecule has 2 heterocycles. The van der Waals surface area contributed by atoms with Gasteiger partial charge in [-0.15, -0.1) is 10.2 Å². The Morgan fingerprint density at radius 3 is 2.78 bits per heavy atom. The van der Waals surface area contributed by atoms with E-state index in [-0.39, 0.29) is 16.6 Å². The number of H-pyrrole nitrogens is 1. The van der Waals surface area contributed by atoms with Crippen molar-refractivity contribution in [2.75, 3.05) is 0 Å². The lowest BCUT2D eigenvalue weighted by Crippen LogP contribution is -2.14. The molecule has 0 aliphatic carbocycles. The lowest BCUT2D eigenvalue weighted by Gasteiger charge is -2.07. The van der Waals surface area contributed by atoms with Crippen LogP contribution in [0.4, 0.5) is 8.78 Å². The molecule has 0 bridgehead atoms. The molecule has 0 aliphatic heterocycles. The molecule has 1 aromatic carbocycles. The highest BCUT2D eigenvalue weighted by Gasteiger charge is 2.21. The topological polar surface area (TPSA) is 71.8 Å². The van der Waals surface area contributed by atoms with Gasteiger partial charge in [-0.05, 0) is 37.3 Å². The van der Waals surface area contributed by atoms with Crippen LogP contribution in [0.1, 0.15) is 17.3 Å². The number of nitrogens with zero attached hydrogens (tertiary/aromatic N) is 2. The fraction of sp³-hybridized carbons (Fsp3) is 0.133. The van der Waals surface area contributed by atoms with Gasteiger partial charge < -0.3 is 9.40 Å². The SMILES string of the molecule is CC(Sc1nnc(-c2ccc[nH]2)o1)C(=O)c1ccc(F)c(F)c1. The maximum absolute atomic E-state index is 13.2. The number of hydrogen-bond donors (Lipinski definition) is 1. The zero-order chi connectivity index (χ0) is 16.4. The molecule has 0 saturated carbocycles. The molecule has 0 spiro atoms. The summed E-state index contributed by atoms with van der Waals surface area (Å²) in [7, 11) is 0. The summed E-state index contributed by atoms with van der Waals surface area (Å²) in [5.74, 6) is -2.09. The maximum Gasteiger partial charge on any atom is 0.277 e. The van der Waals surface area contributed by atoms with E-state index in [0.717, 1.165) is 23.9 Å². The Morgan fingerprint density at radius 1 is 1.26 bits per heavy atom. The molecule has 3 rings (SSSR count). The van der Waals surface area contributed by atoms with E-state index in [2.05, 4.69) is 15.2 Å². The third kappa shape index (κ3) is 3.31. The Kier molecular flexibility index (Phi) is 4.24. The second-order valence-corrected chi connectivity index (χ2v) is 6.00. The minimum absolute atomic E-state index is 0.0907. The molecular weight excluding hydrogens is 324 g/mol. The number of aromatic amines is 1. The number of rotatable bonds is 5. The van der Waals surface area contributed by atoms with E-state index < -0.39 is 16.9 Å². The van der Waals surface area contributed by atoms with Crippen LogP contribution < -0.4 is 0 Å². The Labute approximate surface area is 134 Å². The van der Waals surface area contributed by atoms with Crippen LogP contribution in [0.25, 0.3) is 11.6 Å². The van der Waals surface area contributed by atoms with Crippen LogP contribution in [-0.4, -0.2) is 26.2 Å². The number of aromatic nitrogens is 3. The molecule has 1 unspecified atom stereocenters. The van der Waals surface area contributed by atoms with Gasteiger partial charge in [-0.2, -0.15) is 0 Å². The average Bonchev–Trinajstić information content (AvgIpc) is 3.20. The summed E-state index contributed by atoms with van der Waals surface area (Å²) in [5.41, 5.74) is 0.761. The van der Waals surface area contributed by atoms with Crippen LogP contribution in [0.15, 0.2) is 46.2 Å². The van der Waals surface area contributed by atoms with Crippen molar-refractivity contribution in [2.24, 2.45) is 0 Å². The van der Waals surface area contributed by atoms with Gasteiger partial charge in [0.1, 0.15) is 5.69 Å². The van der Waals surface area contributed by atoms with Crippen molar-refractivity contribution in [1.82, 2.24) is 15.2 Å². The van der Waals surface area contributed by atoms with Gasteiger partial charge in [-0.3, -0.25) is 4.79 Å². The van der Waals surface area contributed by atoms with E-state index in [4.69, 9.17) is 4.42 Å². The molecule has 118 valence electrons. The summed E-state index contributed by atoms with van der Waals surface area (Å²) in [5, 5.41) is 7.37. The smallest absolute Gasteiger partial charge is 0.277 e. The van der Waals surface area contributed by atoms with Crippen LogP contribution in [0.3, 0.4) is 0 Å². The lowest BCUT2D eigenvalue weighted by molar-refractivity contribution is 0.0993. The van der Waals surface area contributed by atoms with Crippen molar-refractivity contribution < 1.29 is 18.0 Å². The van der Waals surface area contributed by atoms with Gasteiger partial charge >= 0.3 is 0 Å². The molecule has 0 amide bonds. The summed E-state index contributed by atoms with van der Waals surface area (Å²) >= 11 is 1.05. The van der Waals surface area contributed by atoms with Gasteiger partial charge in [-0.1, -0.05) is 11.8 Å². The van der Waals surface area contributed by atoms with Crippen LogP contribution in [-0.2, 0) is 0 Å². The third-order valence-electron chi connectivity index (χ3n) is 3.09. The van der Waals surface area contributed by atoms with Gasteiger partial charge in [0.2, 0.25) is 0 Å². The Balaban J connectivity index is 1.72. The second-order valence-electron chi connectivity index (χ2n) is 4.71. The molecule has 1 atom stereocenters. The van der Waals surface area contributed by atoms with Crippen molar-refractivity contribution in [3.05, 3.63) is 53.7 Å². The first-order valence-electron chi connectivity index (χ1n) is 6.68. The van der Waals surface area contributed by atoms with Crippen molar-refractivity contribution in [3.8, 4) is 11.6 Å². The molecular formula is C15H11F2N3O2S. The first-order chi connectivity index (χ1) is 11.0. The number of carbonyl (C=O) groups excluding carboxylic acids is 1. The number of thioether (sulfide) groups is 1. The molecule has 23 heavy (non-hydrogen) atoms. The minimum Gasteiger partial charge on any atom is -0.410 e. The molecule has 5 nitrogen and oxygen atoms in total. The Morgan fingerprint density at radius 2 is 2.09 bits per heavy atom. The van der Waals surface area contributed by atoms with E-state index in [1.165, 1.54) is 6.07 Å². The average molecular weight is 335 g/mol. The molecule has 3 aromatic rings. The van der Waals surface area contributed by atoms with E-state index in [1.54, 1.807) is 25.3 Å². The predicted octanol–water partition coefficient (Wildman–Crippen LogP) is 3.71. The molecule has 2 aromatic heterocycles. The fourth-order valence-corrected chi connectivity index (χ4v) is 2.68. The molecule has 1 N–H and O–H groups in total. The summed E-state index contributed by atoms with van der Waals surface area (Å²) in [6.07, 6.45) is 1.72. The van der Waals surface area contributed by atoms with Gasteiger partial charge in [0.15, 0.2) is 17.4 Å². The number of halogens is 2. The number of nitrogens with one attached hydrogen (secondary N) is 1. The van der Waals surface area contributed by atoms with E-state index in [0.29, 0.717) is 11.6 Å². The Bertz CT molecular complexity index is 833. The predicted molar refractivity (Wildman–Crippen MR) is 80.1 cm³/mol. The van der Waals surface area contributed by atoms with Crippen molar-refractivity contribution in [2.45, 2.75) is 17.4 Å². The zero-order valence-corrected chi connectivity index (χ0v) is 12.7. The second kappa shape index (κ2) is 6.33. The van der Waals surface area contributed by atoms with Gasteiger partial charge in [0, 0.05) is 11.8 Å². The van der Waals surface area contributed by atoms with E-state index in [9.17, 15) is 13.6 Å². The first kappa shape index (κ1) is 15.4. The monoisotopic (exact) mass is 335 g/mol. The normalized spacial score (nSPS) is 12.3. The van der Waals surface area contributed by atoms with Crippen molar-refractivity contribution in [3.63, 3.8) is 0 Å². The van der Waals surface area contributed by atoms with E-state index >= 15 is 0 Å². The highest BCUT2D eigenvalue weighted by molar-refractivity contribution is 8.00. The number of carbonyl (C=O) groups is 1. The highest BCUT2D eigenvalue weighted by atomic mass is 32.2. The van der Waals surface area contributed by atoms with Crippen LogP contribution >= 0.6 is 11.8 Å². The molecule has 0 fully saturated rings. The summed E-state index contributed by atoms with van der Waals surface area (Å²) in [6.45, 7) is 1.63. The van der Waals surface area contributed by atoms with Crippen molar-refractivity contribution in [1.29, 1.82) is 0 Å². The Hall–Kier alpha value is -2.48. The number of benzene rings is 1. The largest absolute Gasteiger partial charge is 0.410 e. The highest BCUT2D eigenvalue weighted by Crippen LogP contribution is 2.27. The third-order valence-corrected chi connectivity index (χ3v) is 4.02. The first-order valence-corrected chi connectivity index (χ1v) is 7.56. The zero-order valence-electron chi connectivity index (χ0n) is 11.9. The number of ketones is 1. The van der Waals surface area contributed by atoms with E-state index in [1.807, 2.05) is 0 Å². The molecule has 0 aliphatic rings. The molecule has 0 saturated heterocycles. The van der Waals surface area contributed by atoms with Gasteiger partial charge in [0.05, 0.1) is 5.25 Å². The molecule has 8 heteroatoms. The fourth-order valence-electron chi connectivity index (χ4n) is 1.92.